The molecule has 3 saturated heterocycles. The summed E-state index contributed by atoms with van der Waals surface area (Å²) in [5.41, 5.74) is -2.26. The third kappa shape index (κ3) is 7.47. The van der Waals surface area contributed by atoms with Gasteiger partial charge in [0.2, 0.25) is 0 Å². The summed E-state index contributed by atoms with van der Waals surface area (Å²) in [5, 5.41) is 21.1. The molecule has 360 valence electrons. The Morgan fingerprint density at radius 2 is 1.76 bits per heavy atom. The summed E-state index contributed by atoms with van der Waals surface area (Å²) in [5.74, 6) is 2.97. The summed E-state index contributed by atoms with van der Waals surface area (Å²) < 4.78 is 116. The van der Waals surface area contributed by atoms with Crippen molar-refractivity contribution in [2.45, 2.75) is 107 Å². The number of hydrogen-bond donors (Lipinski definition) is 1. The van der Waals surface area contributed by atoms with Crippen molar-refractivity contribution in [3.8, 4) is 28.7 Å². The first-order valence-corrected chi connectivity index (χ1v) is 26.4. The number of anilines is 1. The van der Waals surface area contributed by atoms with E-state index in [0.717, 1.165) is 25.6 Å². The van der Waals surface area contributed by atoms with Crippen molar-refractivity contribution >= 4 is 67.7 Å². The van der Waals surface area contributed by atoms with E-state index in [1.165, 1.54) is 18.2 Å². The van der Waals surface area contributed by atoms with E-state index in [4.69, 9.17) is 24.5 Å². The van der Waals surface area contributed by atoms with Gasteiger partial charge in [0.25, 0.3) is 0 Å². The van der Waals surface area contributed by atoms with Crippen LogP contribution in [0.5, 0.6) is 6.01 Å². The number of aryl methyl sites for hydroxylation is 2. The van der Waals surface area contributed by atoms with Gasteiger partial charge in [0.15, 0.2) is 5.65 Å². The maximum absolute atomic E-state index is 16.7. The lowest BCUT2D eigenvalue weighted by molar-refractivity contribution is -0.0448. The SMILES string of the molecule is CC(C)[Si](C#Cc1c(F)ccc2cc3c(cnn3S(=O)(=O)C(F)(F)F)c(-c3nn(C)c4c5c(N6CCOC[C@@](C)(O)C6)nc(OC[C@@]67CCCN6C[C@H](F)C7)nc5n(C)c34)c12)(C(C)C)C(C)C. The Morgan fingerprint density at radius 3 is 2.45 bits per heavy atom. The van der Waals surface area contributed by atoms with E-state index in [2.05, 4.69) is 63.0 Å². The molecular weight excluding hydrogens is 914 g/mol. The van der Waals surface area contributed by atoms with Gasteiger partial charge in [-0.25, -0.2) is 8.78 Å². The summed E-state index contributed by atoms with van der Waals surface area (Å²) >= 11 is 0. The number of aromatic nitrogens is 7. The number of ether oxygens (including phenoxy) is 2. The highest BCUT2D eigenvalue weighted by atomic mass is 32.2. The molecule has 0 aliphatic carbocycles. The van der Waals surface area contributed by atoms with Crippen LogP contribution in [0.1, 0.15) is 73.3 Å². The molecule has 0 radical (unpaired) electrons. The fourth-order valence-corrected chi connectivity index (χ4v) is 17.6. The van der Waals surface area contributed by atoms with Crippen molar-refractivity contribution < 1.29 is 45.0 Å². The molecule has 0 unspecified atom stereocenters. The van der Waals surface area contributed by atoms with Gasteiger partial charge in [-0.3, -0.25) is 9.58 Å². The van der Waals surface area contributed by atoms with Crippen molar-refractivity contribution in [1.29, 1.82) is 0 Å². The van der Waals surface area contributed by atoms with Crippen molar-refractivity contribution in [3.05, 3.63) is 35.8 Å². The molecule has 0 spiro atoms. The average molecular weight is 970 g/mol. The molecule has 0 amide bonds. The van der Waals surface area contributed by atoms with E-state index in [1.54, 1.807) is 30.3 Å². The van der Waals surface area contributed by atoms with Gasteiger partial charge in [0.05, 0.1) is 59.0 Å². The summed E-state index contributed by atoms with van der Waals surface area (Å²) in [6.45, 7) is 16.4. The monoisotopic (exact) mass is 969 g/mol. The molecule has 2 aromatic carbocycles. The summed E-state index contributed by atoms with van der Waals surface area (Å²) in [4.78, 5) is 13.9. The second-order valence-corrected chi connectivity index (χ2v) is 27.2. The Kier molecular flexibility index (Phi) is 11.5. The third-order valence-corrected chi connectivity index (χ3v) is 22.2. The molecule has 3 fully saturated rings. The lowest BCUT2D eigenvalue weighted by Crippen LogP contribution is -2.44. The van der Waals surface area contributed by atoms with Crippen LogP contribution >= 0.6 is 0 Å². The lowest BCUT2D eigenvalue weighted by atomic mass is 9.94. The van der Waals surface area contributed by atoms with E-state index in [-0.39, 0.29) is 86.1 Å². The highest BCUT2D eigenvalue weighted by Gasteiger charge is 2.51. The zero-order valence-electron chi connectivity index (χ0n) is 39.1. The Labute approximate surface area is 386 Å². The number of rotatable bonds is 9. The number of halogens is 5. The van der Waals surface area contributed by atoms with Crippen LogP contribution in [-0.2, 0) is 28.9 Å². The smallest absolute Gasteiger partial charge is 0.461 e. The molecule has 3 aliphatic rings. The molecule has 0 bridgehead atoms. The van der Waals surface area contributed by atoms with Crippen molar-refractivity contribution in [2.75, 3.05) is 50.9 Å². The van der Waals surface area contributed by atoms with E-state index < -0.39 is 52.3 Å². The predicted octanol–water partition coefficient (Wildman–Crippen LogP) is 7.97. The Hall–Kier alpha value is -4.88. The Balaban J connectivity index is 1.36. The maximum Gasteiger partial charge on any atom is 0.518 e. The molecule has 3 aliphatic heterocycles. The normalized spacial score (nSPS) is 22.3. The minimum Gasteiger partial charge on any atom is -0.461 e. The average Bonchev–Trinajstić information content (AvgIpc) is 4.02. The standard InChI is InChI=1S/C46H56F5N9O5SSi/c1-26(2)67(27(3)4,28(5)6)18-13-31-33(48)12-11-29-19-34-32(21-52-60(34)66(62,63)46(49,50)51)36(35(29)31)38-40-39(57(9)55-38)37-41(56(40)8)53-43(54-42(37)58-16-17-64-24-44(7,61)23-58)65-25-45-14-10-15-59(45)22-30(47)20-45/h11-12,19,21,26-28,30,61H,10,14-17,20,22-25H2,1-9H3/t30-,44+,45+/m1/s1. The zero-order valence-corrected chi connectivity index (χ0v) is 40.9. The van der Waals surface area contributed by atoms with E-state index in [9.17, 15) is 31.1 Å². The van der Waals surface area contributed by atoms with Crippen LogP contribution in [0.3, 0.4) is 0 Å². The van der Waals surface area contributed by atoms with Crippen molar-refractivity contribution in [3.63, 3.8) is 0 Å². The van der Waals surface area contributed by atoms with Gasteiger partial charge in [0.1, 0.15) is 43.8 Å². The largest absolute Gasteiger partial charge is 0.518 e. The van der Waals surface area contributed by atoms with Crippen molar-refractivity contribution in [1.82, 2.24) is 38.4 Å². The van der Waals surface area contributed by atoms with Crippen LogP contribution in [0.25, 0.3) is 55.0 Å². The zero-order chi connectivity index (χ0) is 48.3. The molecule has 3 atom stereocenters. The minimum atomic E-state index is -6.04. The van der Waals surface area contributed by atoms with Gasteiger partial charge < -0.3 is 24.0 Å². The van der Waals surface area contributed by atoms with Gasteiger partial charge in [-0.1, -0.05) is 53.5 Å². The molecule has 4 aromatic heterocycles. The summed E-state index contributed by atoms with van der Waals surface area (Å²) in [6, 6.07) is 3.84. The number of nitrogens with zero attached hydrogens (tertiary/aromatic N) is 9. The fraction of sp³-hybridized carbons (Fsp3) is 0.565. The number of aliphatic hydroxyl groups is 1. The number of fused-ring (bicyclic) bond motifs is 6. The molecule has 1 N–H and O–H groups in total. The first-order chi connectivity index (χ1) is 31.4. The summed E-state index contributed by atoms with van der Waals surface area (Å²) in [7, 11) is -5.14. The van der Waals surface area contributed by atoms with Gasteiger partial charge in [-0.05, 0) is 60.5 Å². The molecule has 21 heteroatoms. The van der Waals surface area contributed by atoms with Crippen molar-refractivity contribution in [2.24, 2.45) is 14.1 Å². The second kappa shape index (κ2) is 16.4. The quantitative estimate of drug-likeness (QED) is 0.0856. The molecule has 7 heterocycles. The highest BCUT2D eigenvalue weighted by Crippen LogP contribution is 2.47. The molecule has 14 nitrogen and oxygen atoms in total. The maximum atomic E-state index is 16.7. The number of alkyl halides is 4. The lowest BCUT2D eigenvalue weighted by Gasteiger charge is -2.38. The van der Waals surface area contributed by atoms with Crippen LogP contribution in [0.15, 0.2) is 24.4 Å². The van der Waals surface area contributed by atoms with Gasteiger partial charge in [-0.2, -0.15) is 41.8 Å². The van der Waals surface area contributed by atoms with Crippen LogP contribution in [0, 0.1) is 17.3 Å². The summed E-state index contributed by atoms with van der Waals surface area (Å²) in [6.07, 6.45) is 2.01. The van der Waals surface area contributed by atoms with Crippen LogP contribution in [-0.4, -0.2) is 129 Å². The van der Waals surface area contributed by atoms with Gasteiger partial charge in [0, 0.05) is 49.9 Å². The first kappa shape index (κ1) is 47.2. The van der Waals surface area contributed by atoms with E-state index in [1.807, 2.05) is 4.90 Å². The van der Waals surface area contributed by atoms with Gasteiger partial charge in [-0.15, -0.1) is 9.63 Å². The highest BCUT2D eigenvalue weighted by molar-refractivity contribution is 7.90. The van der Waals surface area contributed by atoms with E-state index >= 15 is 4.39 Å². The van der Waals surface area contributed by atoms with Gasteiger partial charge >= 0.3 is 21.5 Å². The first-order valence-electron chi connectivity index (χ1n) is 22.7. The second-order valence-electron chi connectivity index (χ2n) is 19.9. The van der Waals surface area contributed by atoms with Crippen LogP contribution in [0.2, 0.25) is 16.6 Å². The van der Waals surface area contributed by atoms with Crippen LogP contribution < -0.4 is 9.64 Å². The topological polar surface area (TPSA) is 146 Å². The molecule has 9 rings (SSSR count). The third-order valence-electron chi connectivity index (χ3n) is 14.5. The van der Waals surface area contributed by atoms with E-state index in [0.29, 0.717) is 47.4 Å². The Morgan fingerprint density at radius 1 is 1.04 bits per heavy atom. The number of benzene rings is 2. The number of β-amino-alcohol motifs (C(OH)–C–C–N with tert-alkyl or cyclic N) is 1. The molecule has 6 aromatic rings. The van der Waals surface area contributed by atoms with Crippen LogP contribution in [0.4, 0.5) is 27.8 Å². The Bertz CT molecular complexity index is 3110. The minimum absolute atomic E-state index is 0.00943. The molecule has 0 saturated carbocycles. The number of hydrogen-bond acceptors (Lipinski definition) is 11. The fourth-order valence-electron chi connectivity index (χ4n) is 11.6. The predicted molar refractivity (Wildman–Crippen MR) is 249 cm³/mol. The molecular formula is C46H56F5N9O5SSi. The molecule has 67 heavy (non-hydrogen) atoms.